The van der Waals surface area contributed by atoms with Gasteiger partial charge in [0.25, 0.3) is 0 Å². The molecular formula is C26H32N4O4S. The Morgan fingerprint density at radius 2 is 1.77 bits per heavy atom. The predicted octanol–water partition coefficient (Wildman–Crippen LogP) is 5.63. The molecule has 0 spiro atoms. The smallest absolute Gasteiger partial charge is 0.335 e. The Labute approximate surface area is 210 Å². The van der Waals surface area contributed by atoms with Gasteiger partial charge in [-0.2, -0.15) is 0 Å². The number of rotatable bonds is 11. The third-order valence-corrected chi connectivity index (χ3v) is 6.21. The molecule has 0 saturated carbocycles. The number of anilines is 1. The fourth-order valence-corrected chi connectivity index (χ4v) is 4.24. The zero-order valence-electron chi connectivity index (χ0n) is 20.7. The topological polar surface area (TPSA) is 106 Å². The van der Waals surface area contributed by atoms with Crippen LogP contribution in [0.3, 0.4) is 0 Å². The van der Waals surface area contributed by atoms with Crippen LogP contribution in [0.15, 0.2) is 53.7 Å². The quantitative estimate of drug-likeness (QED) is 0.332. The maximum Gasteiger partial charge on any atom is 0.335 e. The summed E-state index contributed by atoms with van der Waals surface area (Å²) in [7, 11) is 0. The molecule has 186 valence electrons. The SMILES string of the molecule is CC(C)Cn1c(SCC(=O)Nc2cccc(C(=O)O)c2)nnc1C(C)Oc1ccc(C(C)C)cc1. The van der Waals surface area contributed by atoms with Crippen LogP contribution in [0.1, 0.15) is 68.4 Å². The number of carbonyl (C=O) groups excluding carboxylic acids is 1. The number of thioether (sulfide) groups is 1. The third kappa shape index (κ3) is 7.32. The molecule has 2 N–H and O–H groups in total. The molecule has 35 heavy (non-hydrogen) atoms. The summed E-state index contributed by atoms with van der Waals surface area (Å²) >= 11 is 1.28. The van der Waals surface area contributed by atoms with E-state index in [-0.39, 0.29) is 23.3 Å². The number of carbonyl (C=O) groups is 2. The van der Waals surface area contributed by atoms with Gasteiger partial charge in [-0.15, -0.1) is 10.2 Å². The molecule has 0 aliphatic rings. The molecule has 1 aromatic heterocycles. The molecule has 9 heteroatoms. The zero-order valence-corrected chi connectivity index (χ0v) is 21.5. The molecule has 0 aliphatic carbocycles. The van der Waals surface area contributed by atoms with Crippen molar-refractivity contribution in [3.63, 3.8) is 0 Å². The predicted molar refractivity (Wildman–Crippen MR) is 137 cm³/mol. The molecule has 0 fully saturated rings. The monoisotopic (exact) mass is 496 g/mol. The van der Waals surface area contributed by atoms with E-state index in [1.807, 2.05) is 23.6 Å². The van der Waals surface area contributed by atoms with Crippen LogP contribution in [0.5, 0.6) is 5.75 Å². The van der Waals surface area contributed by atoms with Gasteiger partial charge in [-0.25, -0.2) is 4.79 Å². The molecule has 3 rings (SSSR count). The zero-order chi connectivity index (χ0) is 25.5. The van der Waals surface area contributed by atoms with E-state index in [9.17, 15) is 9.59 Å². The molecule has 1 amide bonds. The fraction of sp³-hybridized carbons (Fsp3) is 0.385. The first kappa shape index (κ1) is 26.3. The number of carboxylic acid groups (broad SMARTS) is 1. The Hall–Kier alpha value is -3.33. The van der Waals surface area contributed by atoms with E-state index in [4.69, 9.17) is 9.84 Å². The van der Waals surface area contributed by atoms with E-state index < -0.39 is 5.97 Å². The van der Waals surface area contributed by atoms with Crippen LogP contribution in [0.2, 0.25) is 0 Å². The van der Waals surface area contributed by atoms with Gasteiger partial charge in [0, 0.05) is 12.2 Å². The summed E-state index contributed by atoms with van der Waals surface area (Å²) in [6.07, 6.45) is -0.326. The Kier molecular flexibility index (Phi) is 8.92. The lowest BCUT2D eigenvalue weighted by Crippen LogP contribution is -2.17. The van der Waals surface area contributed by atoms with Gasteiger partial charge in [0.1, 0.15) is 5.75 Å². The van der Waals surface area contributed by atoms with Crippen LogP contribution in [0.25, 0.3) is 0 Å². The third-order valence-electron chi connectivity index (χ3n) is 5.24. The number of carboxylic acids is 1. The molecule has 3 aromatic rings. The first-order chi connectivity index (χ1) is 16.6. The first-order valence-electron chi connectivity index (χ1n) is 11.6. The Bertz CT molecular complexity index is 1160. The summed E-state index contributed by atoms with van der Waals surface area (Å²) in [4.78, 5) is 23.6. The van der Waals surface area contributed by atoms with Gasteiger partial charge in [-0.1, -0.05) is 57.7 Å². The van der Waals surface area contributed by atoms with Crippen LogP contribution < -0.4 is 10.1 Å². The first-order valence-corrected chi connectivity index (χ1v) is 12.6. The van der Waals surface area contributed by atoms with Crippen LogP contribution in [0.4, 0.5) is 5.69 Å². The second-order valence-electron chi connectivity index (χ2n) is 9.05. The van der Waals surface area contributed by atoms with Gasteiger partial charge in [0.15, 0.2) is 17.1 Å². The second kappa shape index (κ2) is 11.9. The van der Waals surface area contributed by atoms with Gasteiger partial charge < -0.3 is 19.7 Å². The van der Waals surface area contributed by atoms with E-state index in [1.54, 1.807) is 12.1 Å². The molecule has 0 radical (unpaired) electrons. The number of benzene rings is 2. The lowest BCUT2D eigenvalue weighted by molar-refractivity contribution is -0.113. The molecule has 8 nitrogen and oxygen atoms in total. The lowest BCUT2D eigenvalue weighted by atomic mass is 10.0. The molecule has 0 aliphatic heterocycles. The Morgan fingerprint density at radius 3 is 2.40 bits per heavy atom. The molecule has 1 atom stereocenters. The average Bonchev–Trinajstić information content (AvgIpc) is 3.20. The van der Waals surface area contributed by atoms with E-state index in [2.05, 4.69) is 55.3 Å². The maximum atomic E-state index is 12.5. The summed E-state index contributed by atoms with van der Waals surface area (Å²) in [5, 5.41) is 21.2. The number of ether oxygens (including phenoxy) is 1. The molecule has 1 heterocycles. The van der Waals surface area contributed by atoms with Crippen molar-refractivity contribution >= 4 is 29.3 Å². The Morgan fingerprint density at radius 1 is 1.06 bits per heavy atom. The van der Waals surface area contributed by atoms with Crippen molar-refractivity contribution in [2.75, 3.05) is 11.1 Å². The van der Waals surface area contributed by atoms with Gasteiger partial charge in [-0.05, 0) is 54.7 Å². The van der Waals surface area contributed by atoms with Gasteiger partial charge in [-0.3, -0.25) is 4.79 Å². The minimum atomic E-state index is -1.04. The van der Waals surface area contributed by atoms with Crippen molar-refractivity contribution in [1.82, 2.24) is 14.8 Å². The fourth-order valence-electron chi connectivity index (χ4n) is 3.49. The van der Waals surface area contributed by atoms with Crippen LogP contribution in [-0.2, 0) is 11.3 Å². The standard InChI is InChI=1S/C26H32N4O4S/c1-16(2)14-30-24(18(5)34-22-11-9-19(10-12-22)17(3)4)28-29-26(30)35-15-23(31)27-21-8-6-7-20(13-21)25(32)33/h6-13,16-18H,14-15H2,1-5H3,(H,27,31)(H,32,33). The van der Waals surface area contributed by atoms with Gasteiger partial charge in [0.05, 0.1) is 11.3 Å². The molecule has 0 saturated heterocycles. The summed E-state index contributed by atoms with van der Waals surface area (Å²) < 4.78 is 8.15. The van der Waals surface area contributed by atoms with Crippen molar-refractivity contribution < 1.29 is 19.4 Å². The number of hydrogen-bond acceptors (Lipinski definition) is 6. The highest BCUT2D eigenvalue weighted by atomic mass is 32.2. The minimum absolute atomic E-state index is 0.111. The van der Waals surface area contributed by atoms with E-state index >= 15 is 0 Å². The van der Waals surface area contributed by atoms with E-state index in [0.717, 1.165) is 5.75 Å². The Balaban J connectivity index is 1.68. The second-order valence-corrected chi connectivity index (χ2v) is 9.99. The summed E-state index contributed by atoms with van der Waals surface area (Å²) in [6, 6.07) is 14.2. The normalized spacial score (nSPS) is 12.1. The number of aromatic carboxylic acids is 1. The maximum absolute atomic E-state index is 12.5. The highest BCUT2D eigenvalue weighted by Crippen LogP contribution is 2.27. The molecular weight excluding hydrogens is 464 g/mol. The van der Waals surface area contributed by atoms with E-state index in [1.165, 1.54) is 29.5 Å². The molecule has 1 unspecified atom stereocenters. The molecule has 0 bridgehead atoms. The van der Waals surface area contributed by atoms with Crippen LogP contribution in [0, 0.1) is 5.92 Å². The van der Waals surface area contributed by atoms with Crippen molar-refractivity contribution in [1.29, 1.82) is 0 Å². The minimum Gasteiger partial charge on any atom is -0.483 e. The highest BCUT2D eigenvalue weighted by Gasteiger charge is 2.21. The van der Waals surface area contributed by atoms with E-state index in [0.29, 0.717) is 35.0 Å². The van der Waals surface area contributed by atoms with Gasteiger partial charge >= 0.3 is 5.97 Å². The van der Waals surface area contributed by atoms with Crippen LogP contribution in [-0.4, -0.2) is 37.5 Å². The van der Waals surface area contributed by atoms with Crippen molar-refractivity contribution in [2.45, 2.75) is 58.3 Å². The number of nitrogens with one attached hydrogen (secondary N) is 1. The number of amides is 1. The van der Waals surface area contributed by atoms with Crippen molar-refractivity contribution in [3.8, 4) is 5.75 Å². The largest absolute Gasteiger partial charge is 0.483 e. The number of aromatic nitrogens is 3. The summed E-state index contributed by atoms with van der Waals surface area (Å²) in [5.41, 5.74) is 1.80. The van der Waals surface area contributed by atoms with Crippen molar-refractivity contribution in [3.05, 3.63) is 65.5 Å². The van der Waals surface area contributed by atoms with Gasteiger partial charge in [0.2, 0.25) is 5.91 Å². The van der Waals surface area contributed by atoms with Crippen molar-refractivity contribution in [2.24, 2.45) is 5.92 Å². The lowest BCUT2D eigenvalue weighted by Gasteiger charge is -2.18. The summed E-state index contributed by atoms with van der Waals surface area (Å²) in [5.74, 6) is 1.06. The number of hydrogen-bond donors (Lipinski definition) is 2. The highest BCUT2D eigenvalue weighted by molar-refractivity contribution is 7.99. The number of nitrogens with zero attached hydrogens (tertiary/aromatic N) is 3. The molecule has 2 aromatic carbocycles. The van der Waals surface area contributed by atoms with Crippen LogP contribution >= 0.6 is 11.8 Å². The average molecular weight is 497 g/mol. The summed E-state index contributed by atoms with van der Waals surface area (Å²) in [6.45, 7) is 11.1.